The lowest BCUT2D eigenvalue weighted by atomic mass is 9.83. The zero-order valence-corrected chi connectivity index (χ0v) is 20.0. The fraction of sp³-hybridized carbons (Fsp3) is 0.310. The Balaban J connectivity index is 1.22. The number of aromatic nitrogens is 1. The number of amides is 1. The van der Waals surface area contributed by atoms with Gasteiger partial charge in [0.15, 0.2) is 5.76 Å². The third-order valence-electron chi connectivity index (χ3n) is 7.02. The van der Waals surface area contributed by atoms with Crippen LogP contribution in [0.5, 0.6) is 0 Å². The van der Waals surface area contributed by atoms with E-state index in [1.54, 1.807) is 12.3 Å². The van der Waals surface area contributed by atoms with Crippen LogP contribution >= 0.6 is 0 Å². The van der Waals surface area contributed by atoms with Gasteiger partial charge in [0, 0.05) is 31.2 Å². The van der Waals surface area contributed by atoms with Crippen LogP contribution in [0.25, 0.3) is 11.0 Å². The molecule has 6 heteroatoms. The van der Waals surface area contributed by atoms with Crippen LogP contribution in [0.3, 0.4) is 0 Å². The standard InChI is InChI=1S/C29H31N3O3/c1-21(22-7-3-2-4-8-22)20-32-15-12-29(34,13-16-32)24-10-11-26-23(17-24)18-27(35-26)28(33)31-19-25-9-5-6-14-30-25/h2-11,14,17-18,21,34H,12-13,15-16,19-20H2,1H3,(H,31,33)/t21-/m0/s1. The quantitative estimate of drug-likeness (QED) is 0.405. The van der Waals surface area contributed by atoms with Crippen LogP contribution in [0.4, 0.5) is 0 Å². The summed E-state index contributed by atoms with van der Waals surface area (Å²) in [5, 5.41) is 15.1. The summed E-state index contributed by atoms with van der Waals surface area (Å²) >= 11 is 0. The van der Waals surface area contributed by atoms with Gasteiger partial charge in [-0.15, -0.1) is 0 Å². The summed E-state index contributed by atoms with van der Waals surface area (Å²) in [4.78, 5) is 19.2. The van der Waals surface area contributed by atoms with Gasteiger partial charge in [0.2, 0.25) is 0 Å². The monoisotopic (exact) mass is 469 g/mol. The number of carbonyl (C=O) groups is 1. The van der Waals surface area contributed by atoms with E-state index in [9.17, 15) is 9.90 Å². The van der Waals surface area contributed by atoms with Gasteiger partial charge in [-0.3, -0.25) is 9.78 Å². The molecule has 4 aromatic rings. The first-order valence-corrected chi connectivity index (χ1v) is 12.2. The Labute approximate surface area is 205 Å². The number of aliphatic hydroxyl groups is 1. The summed E-state index contributed by atoms with van der Waals surface area (Å²) in [6.45, 7) is 5.27. The van der Waals surface area contributed by atoms with Gasteiger partial charge in [0.05, 0.1) is 17.8 Å². The molecule has 3 heterocycles. The number of piperidine rings is 1. The van der Waals surface area contributed by atoms with Gasteiger partial charge in [0.1, 0.15) is 5.58 Å². The first kappa shape index (κ1) is 23.3. The van der Waals surface area contributed by atoms with Crippen molar-refractivity contribution in [1.82, 2.24) is 15.2 Å². The molecule has 1 aliphatic rings. The molecule has 2 N–H and O–H groups in total. The summed E-state index contributed by atoms with van der Waals surface area (Å²) in [6.07, 6.45) is 3.05. The third kappa shape index (κ3) is 5.29. The first-order chi connectivity index (χ1) is 17.0. The van der Waals surface area contributed by atoms with Crippen molar-refractivity contribution in [3.05, 3.63) is 102 Å². The van der Waals surface area contributed by atoms with Gasteiger partial charge < -0.3 is 19.7 Å². The predicted molar refractivity (Wildman–Crippen MR) is 136 cm³/mol. The Hall–Kier alpha value is -3.48. The van der Waals surface area contributed by atoms with E-state index in [2.05, 4.69) is 46.4 Å². The van der Waals surface area contributed by atoms with Crippen LogP contribution in [0, 0.1) is 0 Å². The normalized spacial score (nSPS) is 16.7. The van der Waals surface area contributed by atoms with E-state index in [0.29, 0.717) is 30.9 Å². The van der Waals surface area contributed by atoms with Crippen molar-refractivity contribution in [3.63, 3.8) is 0 Å². The lowest BCUT2D eigenvalue weighted by molar-refractivity contribution is -0.0266. The van der Waals surface area contributed by atoms with E-state index in [4.69, 9.17) is 4.42 Å². The largest absolute Gasteiger partial charge is 0.451 e. The highest BCUT2D eigenvalue weighted by Gasteiger charge is 2.34. The fourth-order valence-corrected chi connectivity index (χ4v) is 4.87. The molecule has 2 aromatic carbocycles. The molecule has 0 spiro atoms. The lowest BCUT2D eigenvalue weighted by Crippen LogP contribution is -2.43. The minimum Gasteiger partial charge on any atom is -0.451 e. The van der Waals surface area contributed by atoms with Crippen LogP contribution in [0.1, 0.15) is 53.1 Å². The molecule has 6 nitrogen and oxygen atoms in total. The molecular formula is C29H31N3O3. The molecule has 1 saturated heterocycles. The van der Waals surface area contributed by atoms with Crippen LogP contribution in [0.2, 0.25) is 0 Å². The van der Waals surface area contributed by atoms with Crippen molar-refractivity contribution >= 4 is 16.9 Å². The van der Waals surface area contributed by atoms with Crippen LogP contribution in [-0.2, 0) is 12.1 Å². The number of carbonyl (C=O) groups excluding carboxylic acids is 1. The molecule has 1 aliphatic heterocycles. The topological polar surface area (TPSA) is 78.6 Å². The average Bonchev–Trinajstić information content (AvgIpc) is 3.33. The Morgan fingerprint density at radius 1 is 1.09 bits per heavy atom. The number of likely N-dealkylation sites (tertiary alicyclic amines) is 1. The summed E-state index contributed by atoms with van der Waals surface area (Å²) < 4.78 is 5.77. The molecule has 180 valence electrons. The Bertz CT molecular complexity index is 1280. The third-order valence-corrected chi connectivity index (χ3v) is 7.02. The fourth-order valence-electron chi connectivity index (χ4n) is 4.87. The number of hydrogen-bond donors (Lipinski definition) is 2. The van der Waals surface area contributed by atoms with Crippen LogP contribution < -0.4 is 5.32 Å². The van der Waals surface area contributed by atoms with Gasteiger partial charge in [-0.25, -0.2) is 0 Å². The maximum Gasteiger partial charge on any atom is 0.287 e. The van der Waals surface area contributed by atoms with Gasteiger partial charge in [-0.1, -0.05) is 49.4 Å². The molecule has 0 radical (unpaired) electrons. The molecule has 5 rings (SSSR count). The maximum absolute atomic E-state index is 12.6. The molecule has 1 atom stereocenters. The number of pyridine rings is 1. The molecule has 1 fully saturated rings. The molecule has 1 amide bonds. The number of hydrogen-bond acceptors (Lipinski definition) is 5. The van der Waals surface area contributed by atoms with Gasteiger partial charge in [-0.05, 0) is 60.2 Å². The van der Waals surface area contributed by atoms with Crippen molar-refractivity contribution in [2.24, 2.45) is 0 Å². The smallest absolute Gasteiger partial charge is 0.287 e. The molecule has 0 saturated carbocycles. The molecule has 0 unspecified atom stereocenters. The van der Waals surface area contributed by atoms with Crippen molar-refractivity contribution < 1.29 is 14.3 Å². The van der Waals surface area contributed by atoms with E-state index >= 15 is 0 Å². The number of furan rings is 1. The minimum atomic E-state index is -0.876. The Morgan fingerprint density at radius 3 is 2.60 bits per heavy atom. The highest BCUT2D eigenvalue weighted by molar-refractivity contribution is 5.96. The summed E-state index contributed by atoms with van der Waals surface area (Å²) in [6, 6.07) is 23.6. The second-order valence-electron chi connectivity index (χ2n) is 9.51. The zero-order chi connectivity index (χ0) is 24.3. The van der Waals surface area contributed by atoms with Crippen molar-refractivity contribution in [3.8, 4) is 0 Å². The van der Waals surface area contributed by atoms with E-state index in [1.165, 1.54) is 5.56 Å². The van der Waals surface area contributed by atoms with Crippen molar-refractivity contribution in [1.29, 1.82) is 0 Å². The highest BCUT2D eigenvalue weighted by Crippen LogP contribution is 2.35. The Kier molecular flexibility index (Phi) is 6.66. The lowest BCUT2D eigenvalue weighted by Gasteiger charge is -2.39. The molecular weight excluding hydrogens is 438 g/mol. The first-order valence-electron chi connectivity index (χ1n) is 12.2. The Morgan fingerprint density at radius 2 is 1.86 bits per heavy atom. The zero-order valence-electron chi connectivity index (χ0n) is 20.0. The number of benzene rings is 2. The number of rotatable bonds is 7. The van der Waals surface area contributed by atoms with Crippen molar-refractivity contribution in [2.75, 3.05) is 19.6 Å². The van der Waals surface area contributed by atoms with Crippen LogP contribution in [0.15, 0.2) is 83.4 Å². The predicted octanol–water partition coefficient (Wildman–Crippen LogP) is 4.84. The summed E-state index contributed by atoms with van der Waals surface area (Å²) in [5.74, 6) is 0.421. The summed E-state index contributed by atoms with van der Waals surface area (Å²) in [7, 11) is 0. The SMILES string of the molecule is C[C@@H](CN1CCC(O)(c2ccc3oc(C(=O)NCc4ccccn4)cc3c2)CC1)c1ccccc1. The van der Waals surface area contributed by atoms with Gasteiger partial charge >= 0.3 is 0 Å². The van der Waals surface area contributed by atoms with E-state index in [0.717, 1.165) is 36.3 Å². The number of nitrogens with zero attached hydrogens (tertiary/aromatic N) is 2. The van der Waals surface area contributed by atoms with E-state index in [1.807, 2.05) is 42.5 Å². The minimum absolute atomic E-state index is 0.254. The second kappa shape index (κ2) is 10.0. The van der Waals surface area contributed by atoms with E-state index in [-0.39, 0.29) is 11.7 Å². The number of nitrogens with one attached hydrogen (secondary N) is 1. The highest BCUT2D eigenvalue weighted by atomic mass is 16.3. The molecule has 2 aromatic heterocycles. The number of fused-ring (bicyclic) bond motifs is 1. The van der Waals surface area contributed by atoms with Crippen molar-refractivity contribution in [2.45, 2.75) is 37.8 Å². The van der Waals surface area contributed by atoms with Gasteiger partial charge in [-0.2, -0.15) is 0 Å². The molecule has 0 aliphatic carbocycles. The maximum atomic E-state index is 12.6. The van der Waals surface area contributed by atoms with Gasteiger partial charge in [0.25, 0.3) is 5.91 Å². The van der Waals surface area contributed by atoms with Crippen LogP contribution in [-0.4, -0.2) is 40.5 Å². The average molecular weight is 470 g/mol. The summed E-state index contributed by atoms with van der Waals surface area (Å²) in [5.41, 5.74) is 2.76. The van der Waals surface area contributed by atoms with E-state index < -0.39 is 5.60 Å². The second-order valence-corrected chi connectivity index (χ2v) is 9.51. The molecule has 35 heavy (non-hydrogen) atoms. The molecule has 0 bridgehead atoms.